The number of aliphatic hydroxyl groups excluding tert-OH is 1. The van der Waals surface area contributed by atoms with Gasteiger partial charge in [-0.1, -0.05) is 26.0 Å². The summed E-state index contributed by atoms with van der Waals surface area (Å²) < 4.78 is 0. The Labute approximate surface area is 172 Å². The highest BCUT2D eigenvalue weighted by molar-refractivity contribution is 5.35. The Morgan fingerprint density at radius 3 is 2.46 bits per heavy atom. The topological polar surface area (TPSA) is 44.3 Å². The van der Waals surface area contributed by atoms with Gasteiger partial charge in [0.2, 0.25) is 0 Å². The molecule has 10 atom stereocenters. The minimum absolute atomic E-state index is 0.157. The molecule has 0 radical (unpaired) electrons. The van der Waals surface area contributed by atoms with Crippen molar-refractivity contribution in [3.63, 3.8) is 0 Å². The summed E-state index contributed by atoms with van der Waals surface area (Å²) in [6.45, 7) is 12.0. The highest BCUT2D eigenvalue weighted by atomic mass is 16.3. The Morgan fingerprint density at radius 1 is 1.04 bits per heavy atom. The van der Waals surface area contributed by atoms with Crippen molar-refractivity contribution in [2.75, 3.05) is 14.1 Å². The van der Waals surface area contributed by atoms with E-state index in [1.165, 1.54) is 50.5 Å². The Bertz CT molecular complexity index is 692. The van der Waals surface area contributed by atoms with Gasteiger partial charge in [-0.3, -0.25) is 0 Å². The van der Waals surface area contributed by atoms with E-state index in [-0.39, 0.29) is 16.9 Å². The summed E-state index contributed by atoms with van der Waals surface area (Å²) in [4.78, 5) is 0. The molecule has 3 unspecified atom stereocenters. The smallest absolute Gasteiger partial charge is 0.0594 e. The molecular formula is C25H42N2O. The van der Waals surface area contributed by atoms with Crippen molar-refractivity contribution in [2.24, 2.45) is 39.4 Å². The average molecular weight is 387 g/mol. The van der Waals surface area contributed by atoms with Crippen LogP contribution < -0.4 is 10.6 Å². The largest absolute Gasteiger partial charge is 0.393 e. The Morgan fingerprint density at radius 2 is 1.79 bits per heavy atom. The minimum atomic E-state index is -0.157. The first-order valence-corrected chi connectivity index (χ1v) is 11.9. The number of aliphatic hydroxyl groups is 1. The molecule has 3 nitrogen and oxygen atoms in total. The van der Waals surface area contributed by atoms with E-state index in [0.717, 1.165) is 18.3 Å². The summed E-state index contributed by atoms with van der Waals surface area (Å²) in [7, 11) is 4.17. The van der Waals surface area contributed by atoms with Crippen molar-refractivity contribution < 1.29 is 5.11 Å². The van der Waals surface area contributed by atoms with Gasteiger partial charge < -0.3 is 15.7 Å². The first kappa shape index (κ1) is 19.6. The van der Waals surface area contributed by atoms with E-state index in [0.29, 0.717) is 28.8 Å². The van der Waals surface area contributed by atoms with Gasteiger partial charge in [-0.05, 0) is 106 Å². The van der Waals surface area contributed by atoms with E-state index in [1.807, 2.05) is 0 Å². The Hall–Kier alpha value is -0.380. The summed E-state index contributed by atoms with van der Waals surface area (Å²) in [5.41, 5.74) is 3.12. The van der Waals surface area contributed by atoms with Gasteiger partial charge >= 0.3 is 0 Å². The first-order chi connectivity index (χ1) is 13.2. The zero-order chi connectivity index (χ0) is 20.1. The number of likely N-dealkylation sites (N-methyl/N-ethyl adjacent to an activating group) is 1. The summed E-state index contributed by atoms with van der Waals surface area (Å²) in [6, 6.07) is 0.912. The summed E-state index contributed by atoms with van der Waals surface area (Å²) in [5.74, 6) is 1.90. The second-order valence-corrected chi connectivity index (χ2v) is 11.8. The van der Waals surface area contributed by atoms with Crippen LogP contribution in [0.3, 0.4) is 0 Å². The van der Waals surface area contributed by atoms with Crippen LogP contribution in [0, 0.1) is 39.4 Å². The molecule has 28 heavy (non-hydrogen) atoms. The maximum absolute atomic E-state index is 11.2. The van der Waals surface area contributed by atoms with Gasteiger partial charge in [0.15, 0.2) is 0 Å². The molecule has 5 fully saturated rings. The van der Waals surface area contributed by atoms with Crippen LogP contribution >= 0.6 is 0 Å². The molecule has 0 aliphatic heterocycles. The summed E-state index contributed by atoms with van der Waals surface area (Å²) in [5, 5.41) is 18.2. The average Bonchev–Trinajstić information content (AvgIpc) is 3.27. The lowest BCUT2D eigenvalue weighted by Gasteiger charge is -2.61. The molecule has 158 valence electrons. The molecule has 0 aromatic heterocycles. The number of nitrogens with one attached hydrogen (secondary N) is 2. The van der Waals surface area contributed by atoms with Crippen LogP contribution in [-0.2, 0) is 0 Å². The molecule has 0 amide bonds. The Balaban J connectivity index is 1.51. The molecule has 0 aromatic carbocycles. The third-order valence-electron chi connectivity index (χ3n) is 11.6. The predicted molar refractivity (Wildman–Crippen MR) is 115 cm³/mol. The van der Waals surface area contributed by atoms with Crippen molar-refractivity contribution >= 4 is 0 Å². The number of hydrogen-bond acceptors (Lipinski definition) is 3. The first-order valence-electron chi connectivity index (χ1n) is 11.9. The molecular weight excluding hydrogens is 344 g/mol. The second-order valence-electron chi connectivity index (χ2n) is 11.8. The zero-order valence-electron chi connectivity index (χ0n) is 18.8. The Kier molecular flexibility index (Phi) is 4.09. The molecule has 5 saturated carbocycles. The van der Waals surface area contributed by atoms with Crippen LogP contribution in [0.1, 0.15) is 72.1 Å². The SMILES string of the molecule is C=C1C2CCC3[C@]4(CC[C@]5(C)C([C@@H](C)NC)[C@H](O)C[C@@]35C)C[C@]24CC[C@@H]1NC. The fourth-order valence-corrected chi connectivity index (χ4v) is 10.1. The highest BCUT2D eigenvalue weighted by Gasteiger charge is 2.81. The predicted octanol–water partition coefficient (Wildman–Crippen LogP) is 4.12. The van der Waals surface area contributed by atoms with E-state index in [9.17, 15) is 5.11 Å². The van der Waals surface area contributed by atoms with E-state index < -0.39 is 0 Å². The van der Waals surface area contributed by atoms with E-state index >= 15 is 0 Å². The number of hydrogen-bond donors (Lipinski definition) is 3. The lowest BCUT2D eigenvalue weighted by molar-refractivity contribution is -0.120. The fraction of sp³-hybridized carbons (Fsp3) is 0.920. The lowest BCUT2D eigenvalue weighted by atomic mass is 9.43. The van der Waals surface area contributed by atoms with Crippen LogP contribution in [0.25, 0.3) is 0 Å². The van der Waals surface area contributed by atoms with Crippen LogP contribution in [0.5, 0.6) is 0 Å². The van der Waals surface area contributed by atoms with Crippen molar-refractivity contribution in [1.82, 2.24) is 10.6 Å². The van der Waals surface area contributed by atoms with Gasteiger partial charge in [-0.25, -0.2) is 0 Å². The van der Waals surface area contributed by atoms with Crippen LogP contribution in [0.2, 0.25) is 0 Å². The third-order valence-corrected chi connectivity index (χ3v) is 11.6. The van der Waals surface area contributed by atoms with Crippen LogP contribution in [0.4, 0.5) is 0 Å². The standard InChI is InChI=1S/C25H42N2O/c1-15-17-7-8-20-23(4)13-19(28)21(16(2)26-5)22(23,3)11-12-25(20)14-24(17,25)10-9-18(15)27-6/h16-21,26-28H,1,7-14H2,2-6H3/t16-,17?,18+,19-,20?,21?,22-,23+,24-,25+/m1/s1. The van der Waals surface area contributed by atoms with Gasteiger partial charge in [0, 0.05) is 18.0 Å². The molecule has 5 rings (SSSR count). The van der Waals surface area contributed by atoms with Crippen LogP contribution in [0.15, 0.2) is 12.2 Å². The lowest BCUT2D eigenvalue weighted by Crippen LogP contribution is -2.56. The van der Waals surface area contributed by atoms with Gasteiger partial charge in [0.25, 0.3) is 0 Å². The fourth-order valence-electron chi connectivity index (χ4n) is 10.1. The van der Waals surface area contributed by atoms with Crippen molar-refractivity contribution in [2.45, 2.75) is 90.3 Å². The summed E-state index contributed by atoms with van der Waals surface area (Å²) in [6.07, 6.45) is 10.3. The van der Waals surface area contributed by atoms with E-state index in [4.69, 9.17) is 0 Å². The third kappa shape index (κ3) is 1.98. The number of rotatable bonds is 3. The minimum Gasteiger partial charge on any atom is -0.393 e. The van der Waals surface area contributed by atoms with Crippen molar-refractivity contribution in [3.8, 4) is 0 Å². The molecule has 3 N–H and O–H groups in total. The quantitative estimate of drug-likeness (QED) is 0.639. The molecule has 0 heterocycles. The van der Waals surface area contributed by atoms with Crippen LogP contribution in [-0.4, -0.2) is 37.4 Å². The van der Waals surface area contributed by atoms with Gasteiger partial charge in [-0.2, -0.15) is 0 Å². The molecule has 0 bridgehead atoms. The summed E-state index contributed by atoms with van der Waals surface area (Å²) >= 11 is 0. The molecule has 5 aliphatic carbocycles. The zero-order valence-corrected chi connectivity index (χ0v) is 18.8. The molecule has 5 aliphatic rings. The van der Waals surface area contributed by atoms with Crippen molar-refractivity contribution in [1.29, 1.82) is 0 Å². The molecule has 0 saturated heterocycles. The molecule has 0 aromatic rings. The molecule has 2 spiro atoms. The van der Waals surface area contributed by atoms with Gasteiger partial charge in [-0.15, -0.1) is 0 Å². The maximum Gasteiger partial charge on any atom is 0.0594 e. The number of fused-ring (bicyclic) bond motifs is 2. The highest BCUT2D eigenvalue weighted by Crippen LogP contribution is 2.87. The van der Waals surface area contributed by atoms with E-state index in [1.54, 1.807) is 0 Å². The van der Waals surface area contributed by atoms with Gasteiger partial charge in [0.05, 0.1) is 6.10 Å². The molecule has 3 heteroatoms. The maximum atomic E-state index is 11.2. The van der Waals surface area contributed by atoms with Gasteiger partial charge in [0.1, 0.15) is 0 Å². The van der Waals surface area contributed by atoms with E-state index in [2.05, 4.69) is 52.1 Å². The van der Waals surface area contributed by atoms with Crippen molar-refractivity contribution in [3.05, 3.63) is 12.2 Å². The second kappa shape index (κ2) is 5.86. The monoisotopic (exact) mass is 386 g/mol. The normalized spacial score (nSPS) is 58.4.